The Balaban J connectivity index is 1.01. The lowest BCUT2D eigenvalue weighted by Crippen LogP contribution is -2.26. The smallest absolute Gasteiger partial charge is 0.124 e. The summed E-state index contributed by atoms with van der Waals surface area (Å²) in [4.78, 5) is 7.75. The highest BCUT2D eigenvalue weighted by Crippen LogP contribution is 2.58. The van der Waals surface area contributed by atoms with Crippen LogP contribution in [0.5, 0.6) is 0 Å². The summed E-state index contributed by atoms with van der Waals surface area (Å²) in [7, 11) is 0. The molecule has 7 aromatic carbocycles. The van der Waals surface area contributed by atoms with Gasteiger partial charge in [-0.3, -0.25) is 0 Å². The Morgan fingerprint density at radius 1 is 0.322 bits per heavy atom. The average Bonchev–Trinajstić information content (AvgIpc) is 1.59. The Hall–Kier alpha value is -6.03. The van der Waals surface area contributed by atoms with Crippen molar-refractivity contribution in [3.63, 3.8) is 0 Å². The molecule has 1 heterocycles. The fourth-order valence-electron chi connectivity index (χ4n) is 15.9. The summed E-state index contributed by atoms with van der Waals surface area (Å²) in [6, 6.07) is 61.1. The number of thiazole rings is 1. The van der Waals surface area contributed by atoms with Gasteiger partial charge >= 0.3 is 0 Å². The lowest BCUT2D eigenvalue weighted by molar-refractivity contribution is 0.397. The topological polar surface area (TPSA) is 16.1 Å². The van der Waals surface area contributed by atoms with E-state index in [0.29, 0.717) is 0 Å². The normalized spacial score (nSPS) is 13.5. The lowest BCUT2D eigenvalue weighted by Gasteiger charge is -2.34. The fraction of sp³-hybridized carbons (Fsp3) is 0.483. The van der Waals surface area contributed by atoms with Gasteiger partial charge in [0.15, 0.2) is 0 Å². The minimum absolute atomic E-state index is 0.0367. The van der Waals surface area contributed by atoms with E-state index in [1.807, 2.05) is 11.3 Å². The summed E-state index contributed by atoms with van der Waals surface area (Å²) in [6.45, 7) is 9.34. The first kappa shape index (κ1) is 66.9. The van der Waals surface area contributed by atoms with E-state index < -0.39 is 0 Å². The third-order valence-corrected chi connectivity index (χ3v) is 22.0. The van der Waals surface area contributed by atoms with Crippen molar-refractivity contribution in [3.8, 4) is 32.8 Å². The monoisotopic (exact) mass is 1220 g/mol. The van der Waals surface area contributed by atoms with Crippen LogP contribution in [0.25, 0.3) is 55.2 Å². The molecule has 0 radical (unpaired) electrons. The molecule has 2 nitrogen and oxygen atoms in total. The minimum Gasteiger partial charge on any atom is -0.310 e. The Morgan fingerprint density at radius 3 is 1.08 bits per heavy atom. The van der Waals surface area contributed by atoms with Crippen LogP contribution in [-0.2, 0) is 10.8 Å². The highest BCUT2D eigenvalue weighted by atomic mass is 32.1. The fourth-order valence-corrected chi connectivity index (χ4v) is 16.8. The second-order valence-corrected chi connectivity index (χ2v) is 28.5. The number of hydrogen-bond acceptors (Lipinski definition) is 3. The van der Waals surface area contributed by atoms with Crippen molar-refractivity contribution in [2.75, 3.05) is 4.90 Å². The van der Waals surface area contributed by atoms with Gasteiger partial charge in [0.25, 0.3) is 0 Å². The van der Waals surface area contributed by atoms with E-state index >= 15 is 0 Å². The Kier molecular flexibility index (Phi) is 26.1. The van der Waals surface area contributed by atoms with Gasteiger partial charge in [0, 0.05) is 33.5 Å². The van der Waals surface area contributed by atoms with Gasteiger partial charge < -0.3 is 4.90 Å². The van der Waals surface area contributed by atoms with Gasteiger partial charge in [0.05, 0.1) is 10.2 Å². The zero-order chi connectivity index (χ0) is 62.1. The van der Waals surface area contributed by atoms with Gasteiger partial charge in [-0.1, -0.05) is 348 Å². The van der Waals surface area contributed by atoms with Gasteiger partial charge in [-0.15, -0.1) is 11.3 Å². The molecule has 2 aliphatic carbocycles. The molecule has 0 saturated heterocycles. The maximum Gasteiger partial charge on any atom is 0.124 e. The molecule has 8 aromatic rings. The number of benzene rings is 7. The molecule has 0 bridgehead atoms. The Morgan fingerprint density at radius 2 is 0.667 bits per heavy atom. The molecule has 1 aromatic heterocycles. The number of aromatic nitrogens is 1. The van der Waals surface area contributed by atoms with Gasteiger partial charge in [0.2, 0.25) is 0 Å². The first-order valence-electron chi connectivity index (χ1n) is 37.0. The third-order valence-electron chi connectivity index (χ3n) is 20.9. The van der Waals surface area contributed by atoms with Crippen LogP contribution < -0.4 is 4.90 Å². The van der Waals surface area contributed by atoms with E-state index in [9.17, 15) is 0 Å². The van der Waals surface area contributed by atoms with E-state index in [-0.39, 0.29) is 10.8 Å². The maximum absolute atomic E-state index is 5.26. The number of rotatable bonds is 42. The molecule has 2 aliphatic rings. The summed E-state index contributed by atoms with van der Waals surface area (Å²) in [5.41, 5.74) is 20.6. The largest absolute Gasteiger partial charge is 0.310 e. The van der Waals surface area contributed by atoms with Gasteiger partial charge in [-0.2, -0.15) is 0 Å². The van der Waals surface area contributed by atoms with Crippen LogP contribution in [0.3, 0.4) is 0 Å². The van der Waals surface area contributed by atoms with Crippen LogP contribution in [0.2, 0.25) is 0 Å². The van der Waals surface area contributed by atoms with Crippen LogP contribution in [0, 0.1) is 0 Å². The number of nitrogens with zero attached hydrogens (tertiary/aromatic N) is 2. The predicted molar refractivity (Wildman–Crippen MR) is 396 cm³/mol. The molecule has 0 atom stereocenters. The molecule has 476 valence electrons. The third kappa shape index (κ3) is 17.0. The second-order valence-electron chi connectivity index (χ2n) is 27.5. The highest BCUT2D eigenvalue weighted by molar-refractivity contribution is 7.21. The SMILES string of the molecule is CCCCCCCCCCC1(CCCCCCCCCC)c2cc(/C=C/c3ccc4c(c3)C(CCCCCCCCCC)(CCCCCCCCCC)c3cc(N(c5ccccc5)c5ccccc5)ccc3-4)ccc2-c2ccc(-c3nc4ccccc4s3)cc21. The van der Waals surface area contributed by atoms with E-state index in [2.05, 4.69) is 202 Å². The standard InChI is InChI=1S/C87H112N2S/c1-5-9-13-17-21-25-29-41-61-86(62-42-30-26-22-18-14-10-6-2)79-65-69(53-57-75(79)77-59-55-71(67-81(77)86)85-88-83-49-39-40-50-84(83)90-85)51-52-70-54-58-76-78-60-56-74(89(72-45-35-33-36-46-72)73-47-37-34-38-48-73)68-82(78)87(80(76)66-70,63-43-31-27-23-19-15-11-7-3)64-44-32-28-24-20-16-12-8-4/h33-40,45-60,65-68H,5-32,41-44,61-64H2,1-4H3/b52-51+. The zero-order valence-electron chi connectivity index (χ0n) is 56.4. The van der Waals surface area contributed by atoms with Crippen molar-refractivity contribution in [3.05, 3.63) is 191 Å². The lowest BCUT2D eigenvalue weighted by atomic mass is 9.70. The van der Waals surface area contributed by atoms with Crippen molar-refractivity contribution in [1.29, 1.82) is 0 Å². The van der Waals surface area contributed by atoms with E-state index in [1.165, 1.54) is 292 Å². The average molecular weight is 1220 g/mol. The molecule has 0 aliphatic heterocycles. The molecule has 0 amide bonds. The Bertz CT molecular complexity index is 3320. The number of para-hydroxylation sites is 3. The highest BCUT2D eigenvalue weighted by Gasteiger charge is 2.44. The molecular formula is C87H112N2S. The van der Waals surface area contributed by atoms with Gasteiger partial charge in [-0.25, -0.2) is 4.98 Å². The van der Waals surface area contributed by atoms with E-state index in [0.717, 1.165) is 10.5 Å². The maximum atomic E-state index is 5.26. The summed E-state index contributed by atoms with van der Waals surface area (Å²) in [5, 5.41) is 1.14. The van der Waals surface area contributed by atoms with Crippen LogP contribution in [0.4, 0.5) is 17.1 Å². The number of unbranched alkanes of at least 4 members (excludes halogenated alkanes) is 28. The van der Waals surface area contributed by atoms with Crippen molar-refractivity contribution in [2.24, 2.45) is 0 Å². The Labute approximate surface area is 550 Å². The molecule has 10 rings (SSSR count). The second kappa shape index (κ2) is 35.1. The zero-order valence-corrected chi connectivity index (χ0v) is 57.2. The predicted octanol–water partition coefficient (Wildman–Crippen LogP) is 28.3. The van der Waals surface area contributed by atoms with Crippen molar-refractivity contribution in [2.45, 2.75) is 270 Å². The van der Waals surface area contributed by atoms with Gasteiger partial charge in [0.1, 0.15) is 5.01 Å². The molecule has 0 saturated carbocycles. The van der Waals surface area contributed by atoms with Crippen molar-refractivity contribution < 1.29 is 0 Å². The van der Waals surface area contributed by atoms with Crippen molar-refractivity contribution >= 4 is 50.8 Å². The van der Waals surface area contributed by atoms with Gasteiger partial charge in [-0.05, 0) is 136 Å². The molecule has 0 unspecified atom stereocenters. The van der Waals surface area contributed by atoms with Crippen LogP contribution in [0.1, 0.15) is 292 Å². The number of fused-ring (bicyclic) bond motifs is 7. The van der Waals surface area contributed by atoms with E-state index in [1.54, 1.807) is 22.3 Å². The molecule has 0 N–H and O–H groups in total. The summed E-state index contributed by atoms with van der Waals surface area (Å²) >= 11 is 1.85. The minimum atomic E-state index is -0.0673. The van der Waals surface area contributed by atoms with Crippen LogP contribution in [0.15, 0.2) is 158 Å². The quantitative estimate of drug-likeness (QED) is 0.0280. The van der Waals surface area contributed by atoms with Crippen LogP contribution >= 0.6 is 11.3 Å². The first-order chi connectivity index (χ1) is 44.5. The first-order valence-corrected chi connectivity index (χ1v) is 37.8. The molecule has 3 heteroatoms. The summed E-state index contributed by atoms with van der Waals surface area (Å²) in [5.74, 6) is 0. The summed E-state index contributed by atoms with van der Waals surface area (Å²) < 4.78 is 1.27. The van der Waals surface area contributed by atoms with E-state index in [4.69, 9.17) is 4.98 Å². The molecule has 90 heavy (non-hydrogen) atoms. The number of anilines is 3. The summed E-state index contributed by atoms with van der Waals surface area (Å²) in [6.07, 6.45) is 52.6. The number of hydrogen-bond donors (Lipinski definition) is 0. The van der Waals surface area contributed by atoms with Crippen molar-refractivity contribution in [1.82, 2.24) is 4.98 Å². The molecule has 0 fully saturated rings. The van der Waals surface area contributed by atoms with Crippen LogP contribution in [-0.4, -0.2) is 4.98 Å². The molecular weight excluding hydrogens is 1110 g/mol. The molecule has 0 spiro atoms.